The fourth-order valence-electron chi connectivity index (χ4n) is 3.23. The van der Waals surface area contributed by atoms with Crippen molar-refractivity contribution >= 4 is 17.5 Å². The molecule has 1 aliphatic rings. The van der Waals surface area contributed by atoms with Gasteiger partial charge < -0.3 is 10.0 Å². The molecule has 24 heavy (non-hydrogen) atoms. The molecule has 1 aromatic carbocycles. The Balaban J connectivity index is 1.85. The first-order chi connectivity index (χ1) is 11.4. The van der Waals surface area contributed by atoms with Crippen molar-refractivity contribution in [2.24, 2.45) is 5.41 Å². The van der Waals surface area contributed by atoms with Gasteiger partial charge in [-0.2, -0.15) is 5.10 Å². The largest absolute Gasteiger partial charge is 0.396 e. The average molecular weight is 348 g/mol. The van der Waals surface area contributed by atoms with E-state index in [-0.39, 0.29) is 17.9 Å². The molecular weight excluding hydrogens is 326 g/mol. The van der Waals surface area contributed by atoms with Gasteiger partial charge >= 0.3 is 0 Å². The van der Waals surface area contributed by atoms with Crippen LogP contribution in [0.25, 0.3) is 5.69 Å². The van der Waals surface area contributed by atoms with Gasteiger partial charge in [-0.3, -0.25) is 4.79 Å². The predicted octanol–water partition coefficient (Wildman–Crippen LogP) is 3.07. The third kappa shape index (κ3) is 3.32. The molecule has 0 saturated carbocycles. The monoisotopic (exact) mass is 347 g/mol. The van der Waals surface area contributed by atoms with Gasteiger partial charge in [0, 0.05) is 29.2 Å². The van der Waals surface area contributed by atoms with E-state index >= 15 is 0 Å². The van der Waals surface area contributed by atoms with Gasteiger partial charge in [-0.1, -0.05) is 24.6 Å². The number of rotatable bonds is 3. The van der Waals surface area contributed by atoms with E-state index in [2.05, 4.69) is 5.10 Å². The maximum absolute atomic E-state index is 12.8. The molecule has 6 heteroatoms. The highest BCUT2D eigenvalue weighted by molar-refractivity contribution is 6.30. The van der Waals surface area contributed by atoms with Crippen LogP contribution in [0.1, 0.15) is 35.9 Å². The van der Waals surface area contributed by atoms with Crippen molar-refractivity contribution < 1.29 is 9.90 Å². The SMILES string of the molecule is Cc1cc(C(=O)N2CCC[C@](C)(CO)C2)nn1-c1cccc(Cl)c1. The summed E-state index contributed by atoms with van der Waals surface area (Å²) in [6, 6.07) is 9.19. The normalized spacial score (nSPS) is 21.1. The molecule has 1 atom stereocenters. The summed E-state index contributed by atoms with van der Waals surface area (Å²) in [5.41, 5.74) is 1.91. The summed E-state index contributed by atoms with van der Waals surface area (Å²) in [5, 5.41) is 14.7. The van der Waals surface area contributed by atoms with Crippen LogP contribution in [0.15, 0.2) is 30.3 Å². The van der Waals surface area contributed by atoms with Crippen LogP contribution in [-0.4, -0.2) is 45.4 Å². The summed E-state index contributed by atoms with van der Waals surface area (Å²) in [4.78, 5) is 14.6. The lowest BCUT2D eigenvalue weighted by Crippen LogP contribution is -2.46. The molecule has 0 spiro atoms. The van der Waals surface area contributed by atoms with Crippen LogP contribution in [0.3, 0.4) is 0 Å². The van der Waals surface area contributed by atoms with E-state index in [1.807, 2.05) is 32.0 Å². The second kappa shape index (κ2) is 6.57. The van der Waals surface area contributed by atoms with E-state index in [0.717, 1.165) is 24.2 Å². The molecule has 128 valence electrons. The lowest BCUT2D eigenvalue weighted by Gasteiger charge is -2.39. The number of carbonyl (C=O) groups is 1. The molecule has 0 unspecified atom stereocenters. The van der Waals surface area contributed by atoms with Gasteiger partial charge in [0.15, 0.2) is 5.69 Å². The Bertz CT molecular complexity index is 758. The fraction of sp³-hybridized carbons (Fsp3) is 0.444. The summed E-state index contributed by atoms with van der Waals surface area (Å²) in [6.07, 6.45) is 1.83. The third-order valence-electron chi connectivity index (χ3n) is 4.61. The number of nitrogens with zero attached hydrogens (tertiary/aromatic N) is 3. The highest BCUT2D eigenvalue weighted by Gasteiger charge is 2.33. The van der Waals surface area contributed by atoms with Crippen molar-refractivity contribution in [2.45, 2.75) is 26.7 Å². The number of hydrogen-bond donors (Lipinski definition) is 1. The number of piperidine rings is 1. The van der Waals surface area contributed by atoms with E-state index in [4.69, 9.17) is 11.6 Å². The maximum atomic E-state index is 12.8. The second-order valence-electron chi connectivity index (χ2n) is 6.86. The first-order valence-corrected chi connectivity index (χ1v) is 8.52. The zero-order valence-electron chi connectivity index (χ0n) is 14.0. The zero-order valence-corrected chi connectivity index (χ0v) is 14.8. The van der Waals surface area contributed by atoms with E-state index in [9.17, 15) is 9.90 Å². The molecule has 0 radical (unpaired) electrons. The molecule has 1 fully saturated rings. The van der Waals surface area contributed by atoms with Crippen molar-refractivity contribution in [3.05, 3.63) is 46.7 Å². The minimum absolute atomic E-state index is 0.0850. The molecule has 2 aromatic rings. The Hall–Kier alpha value is -1.85. The van der Waals surface area contributed by atoms with Gasteiger partial charge in [-0.25, -0.2) is 4.68 Å². The van der Waals surface area contributed by atoms with Crippen LogP contribution in [0.5, 0.6) is 0 Å². The van der Waals surface area contributed by atoms with Crippen molar-refractivity contribution in [3.8, 4) is 5.69 Å². The molecular formula is C18H22ClN3O2. The number of aryl methyl sites for hydroxylation is 1. The number of likely N-dealkylation sites (tertiary alicyclic amines) is 1. The van der Waals surface area contributed by atoms with E-state index in [1.54, 1.807) is 21.7 Å². The minimum atomic E-state index is -0.224. The van der Waals surface area contributed by atoms with E-state index < -0.39 is 0 Å². The highest BCUT2D eigenvalue weighted by Crippen LogP contribution is 2.29. The van der Waals surface area contributed by atoms with Gasteiger partial charge in [-0.05, 0) is 44.0 Å². The van der Waals surface area contributed by atoms with Crippen LogP contribution in [0.2, 0.25) is 5.02 Å². The summed E-state index contributed by atoms with van der Waals surface area (Å²) in [5.74, 6) is -0.0850. The average Bonchev–Trinajstić information content (AvgIpc) is 2.96. The number of benzene rings is 1. The summed E-state index contributed by atoms with van der Waals surface area (Å²) in [7, 11) is 0. The molecule has 1 aromatic heterocycles. The smallest absolute Gasteiger partial charge is 0.274 e. The van der Waals surface area contributed by atoms with Gasteiger partial charge in [0.1, 0.15) is 0 Å². The minimum Gasteiger partial charge on any atom is -0.396 e. The van der Waals surface area contributed by atoms with Gasteiger partial charge in [0.2, 0.25) is 0 Å². The molecule has 1 amide bonds. The van der Waals surface area contributed by atoms with Crippen LogP contribution >= 0.6 is 11.6 Å². The van der Waals surface area contributed by atoms with Crippen LogP contribution < -0.4 is 0 Å². The maximum Gasteiger partial charge on any atom is 0.274 e. The zero-order chi connectivity index (χ0) is 17.3. The van der Waals surface area contributed by atoms with Crippen molar-refractivity contribution in [1.29, 1.82) is 0 Å². The van der Waals surface area contributed by atoms with Crippen LogP contribution in [0, 0.1) is 12.3 Å². The Morgan fingerprint density at radius 3 is 2.92 bits per heavy atom. The first-order valence-electron chi connectivity index (χ1n) is 8.15. The lowest BCUT2D eigenvalue weighted by molar-refractivity contribution is 0.0353. The van der Waals surface area contributed by atoms with Crippen LogP contribution in [-0.2, 0) is 0 Å². The van der Waals surface area contributed by atoms with Crippen LogP contribution in [0.4, 0.5) is 0 Å². The van der Waals surface area contributed by atoms with Gasteiger partial charge in [0.25, 0.3) is 5.91 Å². The molecule has 0 bridgehead atoms. The second-order valence-corrected chi connectivity index (χ2v) is 7.30. The number of amides is 1. The summed E-state index contributed by atoms with van der Waals surface area (Å²) < 4.78 is 1.73. The van der Waals surface area contributed by atoms with Gasteiger partial charge in [0.05, 0.1) is 12.3 Å². The quantitative estimate of drug-likeness (QED) is 0.928. The first kappa shape index (κ1) is 17.0. The summed E-state index contributed by atoms with van der Waals surface area (Å²) in [6.45, 7) is 5.29. The number of aliphatic hydroxyl groups is 1. The molecule has 1 saturated heterocycles. The number of hydrogen-bond acceptors (Lipinski definition) is 3. The number of aromatic nitrogens is 2. The Morgan fingerprint density at radius 1 is 1.42 bits per heavy atom. The number of halogens is 1. The third-order valence-corrected chi connectivity index (χ3v) is 4.84. The molecule has 1 aliphatic heterocycles. The van der Waals surface area contributed by atoms with E-state index in [1.165, 1.54) is 0 Å². The summed E-state index contributed by atoms with van der Waals surface area (Å²) >= 11 is 6.05. The Labute approximate surface area is 146 Å². The standard InChI is InChI=1S/C18H22ClN3O2/c1-13-9-16(20-22(13)15-6-3-5-14(19)10-15)17(24)21-8-4-7-18(2,11-21)12-23/h3,5-6,9-10,23H,4,7-8,11-12H2,1-2H3/t18-/m0/s1. The topological polar surface area (TPSA) is 58.4 Å². The number of aliphatic hydroxyl groups excluding tert-OH is 1. The number of carbonyl (C=O) groups excluding carboxylic acids is 1. The highest BCUT2D eigenvalue weighted by atomic mass is 35.5. The molecule has 1 N–H and O–H groups in total. The van der Waals surface area contributed by atoms with E-state index in [0.29, 0.717) is 23.8 Å². The molecule has 2 heterocycles. The Kier molecular flexibility index (Phi) is 4.65. The Morgan fingerprint density at radius 2 is 2.21 bits per heavy atom. The lowest BCUT2D eigenvalue weighted by atomic mass is 9.83. The molecule has 0 aliphatic carbocycles. The fourth-order valence-corrected chi connectivity index (χ4v) is 3.41. The van der Waals surface area contributed by atoms with Crippen molar-refractivity contribution in [3.63, 3.8) is 0 Å². The molecule has 3 rings (SSSR count). The van der Waals surface area contributed by atoms with Crippen molar-refractivity contribution in [2.75, 3.05) is 19.7 Å². The van der Waals surface area contributed by atoms with Crippen molar-refractivity contribution in [1.82, 2.24) is 14.7 Å². The van der Waals surface area contributed by atoms with Gasteiger partial charge in [-0.15, -0.1) is 0 Å². The predicted molar refractivity (Wildman–Crippen MR) is 93.6 cm³/mol. The molecule has 5 nitrogen and oxygen atoms in total.